The third kappa shape index (κ3) is 4.37. The second-order valence-electron chi connectivity index (χ2n) is 6.50. The number of rotatable bonds is 8. The van der Waals surface area contributed by atoms with E-state index in [1.807, 2.05) is 19.0 Å². The lowest BCUT2D eigenvalue weighted by Gasteiger charge is -2.13. The molecule has 0 atom stereocenters. The molecule has 9 nitrogen and oxygen atoms in total. The van der Waals surface area contributed by atoms with Crippen LogP contribution in [0.25, 0.3) is 0 Å². The number of hydrogen-bond donors (Lipinski definition) is 1. The summed E-state index contributed by atoms with van der Waals surface area (Å²) in [6.07, 6.45) is 0.588. The second-order valence-corrected chi connectivity index (χ2v) is 9.15. The zero-order chi connectivity index (χ0) is 21.2. The van der Waals surface area contributed by atoms with Crippen molar-refractivity contribution in [3.63, 3.8) is 0 Å². The predicted molar refractivity (Wildman–Crippen MR) is 105 cm³/mol. The molecule has 2 heterocycles. The molecular weight excluding hydrogens is 418 g/mol. The minimum Gasteiger partial charge on any atom is -0.323 e. The summed E-state index contributed by atoms with van der Waals surface area (Å²) < 4.78 is 27.5. The summed E-state index contributed by atoms with van der Waals surface area (Å²) in [5.41, 5.74) is 0.235. The Morgan fingerprint density at radius 3 is 2.34 bits per heavy atom. The van der Waals surface area contributed by atoms with Gasteiger partial charge in [-0.1, -0.05) is 17.2 Å². The van der Waals surface area contributed by atoms with Crippen LogP contribution in [0.5, 0.6) is 0 Å². The van der Waals surface area contributed by atoms with Gasteiger partial charge in [0.05, 0.1) is 11.1 Å². The van der Waals surface area contributed by atoms with Crippen LogP contribution in [0, 0.1) is 0 Å². The van der Waals surface area contributed by atoms with Gasteiger partial charge in [-0.25, -0.2) is 17.9 Å². The highest BCUT2D eigenvalue weighted by atomic mass is 32.2. The Hall–Kier alpha value is -2.60. The molecule has 11 heteroatoms. The number of fused-ring (bicyclic) bond motifs is 1. The minimum absolute atomic E-state index is 0.117. The molecule has 1 aromatic carbocycles. The third-order valence-corrected chi connectivity index (χ3v) is 6.64. The SMILES string of the molecule is CN(C)CCCNS(=O)(=O)c1ccsc1C(=O)ON1C(=O)c2ccccc2C1=O. The van der Waals surface area contributed by atoms with Crippen LogP contribution in [0.3, 0.4) is 0 Å². The molecule has 29 heavy (non-hydrogen) atoms. The first-order chi connectivity index (χ1) is 13.7. The van der Waals surface area contributed by atoms with Gasteiger partial charge in [-0.2, -0.15) is 0 Å². The molecule has 0 radical (unpaired) electrons. The fourth-order valence-electron chi connectivity index (χ4n) is 2.71. The Labute approximate surface area is 171 Å². The predicted octanol–water partition coefficient (Wildman–Crippen LogP) is 1.35. The number of carbonyl (C=O) groups is 3. The minimum atomic E-state index is -3.95. The van der Waals surface area contributed by atoms with Crippen LogP contribution in [0.2, 0.25) is 0 Å². The average molecular weight is 437 g/mol. The normalized spacial score (nSPS) is 13.8. The number of sulfonamides is 1. The highest BCUT2D eigenvalue weighted by Gasteiger charge is 2.39. The van der Waals surface area contributed by atoms with E-state index < -0.39 is 27.8 Å². The number of imide groups is 1. The van der Waals surface area contributed by atoms with E-state index in [0.717, 1.165) is 11.3 Å². The van der Waals surface area contributed by atoms with Crippen LogP contribution in [-0.4, -0.2) is 63.3 Å². The molecule has 154 valence electrons. The van der Waals surface area contributed by atoms with Crippen molar-refractivity contribution in [2.45, 2.75) is 11.3 Å². The van der Waals surface area contributed by atoms with E-state index in [1.54, 1.807) is 12.1 Å². The first-order valence-corrected chi connectivity index (χ1v) is 11.0. The molecule has 1 aromatic heterocycles. The number of benzene rings is 1. The number of nitrogens with one attached hydrogen (secondary N) is 1. The van der Waals surface area contributed by atoms with Crippen LogP contribution in [0.1, 0.15) is 36.8 Å². The van der Waals surface area contributed by atoms with E-state index in [2.05, 4.69) is 4.72 Å². The fraction of sp³-hybridized carbons (Fsp3) is 0.278. The molecular formula is C18H19N3O6S2. The zero-order valence-electron chi connectivity index (χ0n) is 15.7. The Morgan fingerprint density at radius 1 is 1.14 bits per heavy atom. The van der Waals surface area contributed by atoms with Crippen molar-refractivity contribution in [1.29, 1.82) is 0 Å². The van der Waals surface area contributed by atoms with Crippen molar-refractivity contribution >= 4 is 39.1 Å². The maximum Gasteiger partial charge on any atom is 0.375 e. The Kier molecular flexibility index (Phi) is 6.13. The van der Waals surface area contributed by atoms with E-state index in [1.165, 1.54) is 23.6 Å². The molecule has 0 saturated carbocycles. The van der Waals surface area contributed by atoms with E-state index >= 15 is 0 Å². The lowest BCUT2D eigenvalue weighted by Crippen LogP contribution is -2.33. The van der Waals surface area contributed by atoms with Crippen molar-refractivity contribution in [2.75, 3.05) is 27.2 Å². The van der Waals surface area contributed by atoms with Gasteiger partial charge in [0.2, 0.25) is 10.0 Å². The smallest absolute Gasteiger partial charge is 0.323 e. The van der Waals surface area contributed by atoms with E-state index in [0.29, 0.717) is 18.0 Å². The molecule has 0 spiro atoms. The lowest BCUT2D eigenvalue weighted by molar-refractivity contribution is -0.0583. The Balaban J connectivity index is 1.73. The van der Waals surface area contributed by atoms with Gasteiger partial charge in [-0.05, 0) is 50.6 Å². The van der Waals surface area contributed by atoms with Crippen molar-refractivity contribution in [2.24, 2.45) is 0 Å². The highest BCUT2D eigenvalue weighted by molar-refractivity contribution is 7.89. The van der Waals surface area contributed by atoms with Crippen LogP contribution < -0.4 is 4.72 Å². The lowest BCUT2D eigenvalue weighted by atomic mass is 10.1. The Bertz CT molecular complexity index is 1030. The van der Waals surface area contributed by atoms with Crippen LogP contribution in [-0.2, 0) is 14.9 Å². The van der Waals surface area contributed by atoms with Gasteiger partial charge in [0.25, 0.3) is 11.8 Å². The number of hydrogen-bond acceptors (Lipinski definition) is 8. The van der Waals surface area contributed by atoms with Gasteiger partial charge in [-0.15, -0.1) is 11.3 Å². The molecule has 2 aromatic rings. The summed E-state index contributed by atoms with van der Waals surface area (Å²) in [7, 11) is -0.201. The molecule has 2 amide bonds. The Morgan fingerprint density at radius 2 is 1.76 bits per heavy atom. The standard InChI is InChI=1S/C18H19N3O6S2/c1-20(2)10-5-9-19-29(25,26)14-8-11-28-15(14)18(24)27-21-16(22)12-6-3-4-7-13(12)17(21)23/h3-4,6-8,11,19H,5,9-10H2,1-2H3. The zero-order valence-corrected chi connectivity index (χ0v) is 17.4. The van der Waals surface area contributed by atoms with Gasteiger partial charge in [0.15, 0.2) is 0 Å². The molecule has 0 bridgehead atoms. The first kappa shape index (κ1) is 21.1. The van der Waals surface area contributed by atoms with Gasteiger partial charge >= 0.3 is 5.97 Å². The molecule has 1 aliphatic rings. The average Bonchev–Trinajstić information content (AvgIpc) is 3.26. The van der Waals surface area contributed by atoms with Crippen molar-refractivity contribution in [3.8, 4) is 0 Å². The highest BCUT2D eigenvalue weighted by Crippen LogP contribution is 2.26. The number of thiophene rings is 1. The van der Waals surface area contributed by atoms with E-state index in [4.69, 9.17) is 4.84 Å². The molecule has 0 saturated heterocycles. The van der Waals surface area contributed by atoms with Gasteiger partial charge in [0.1, 0.15) is 9.77 Å². The van der Waals surface area contributed by atoms with Gasteiger partial charge in [-0.3, -0.25) is 9.59 Å². The number of amides is 2. The van der Waals surface area contributed by atoms with Crippen molar-refractivity contribution in [3.05, 3.63) is 51.7 Å². The molecule has 0 aliphatic carbocycles. The molecule has 3 rings (SSSR count). The quantitative estimate of drug-likeness (QED) is 0.490. The topological polar surface area (TPSA) is 113 Å². The second kappa shape index (κ2) is 8.41. The largest absolute Gasteiger partial charge is 0.375 e. The molecule has 0 fully saturated rings. The monoisotopic (exact) mass is 437 g/mol. The first-order valence-electron chi connectivity index (χ1n) is 8.64. The van der Waals surface area contributed by atoms with Crippen molar-refractivity contribution in [1.82, 2.24) is 14.7 Å². The van der Waals surface area contributed by atoms with Crippen molar-refractivity contribution < 1.29 is 27.6 Å². The van der Waals surface area contributed by atoms with Crippen LogP contribution in [0.4, 0.5) is 0 Å². The molecule has 1 aliphatic heterocycles. The summed E-state index contributed by atoms with van der Waals surface area (Å²) in [4.78, 5) is 43.6. The number of carbonyl (C=O) groups excluding carboxylic acids is 3. The summed E-state index contributed by atoms with van der Waals surface area (Å²) >= 11 is 0.847. The summed E-state index contributed by atoms with van der Waals surface area (Å²) in [6, 6.07) is 7.34. The van der Waals surface area contributed by atoms with Crippen LogP contribution >= 0.6 is 11.3 Å². The number of nitrogens with zero attached hydrogens (tertiary/aromatic N) is 2. The van der Waals surface area contributed by atoms with E-state index in [9.17, 15) is 22.8 Å². The maximum atomic E-state index is 12.5. The summed E-state index contributed by atoms with van der Waals surface area (Å²) in [5, 5.41) is 1.78. The van der Waals surface area contributed by atoms with Crippen LogP contribution in [0.15, 0.2) is 40.6 Å². The summed E-state index contributed by atoms with van der Waals surface area (Å²) in [6.45, 7) is 0.893. The molecule has 1 N–H and O–H groups in total. The maximum absolute atomic E-state index is 12.5. The van der Waals surface area contributed by atoms with E-state index in [-0.39, 0.29) is 27.4 Å². The number of hydroxylamine groups is 2. The van der Waals surface area contributed by atoms with Gasteiger partial charge in [0, 0.05) is 6.54 Å². The molecule has 0 unspecified atom stereocenters. The van der Waals surface area contributed by atoms with Gasteiger partial charge < -0.3 is 9.74 Å². The summed E-state index contributed by atoms with van der Waals surface area (Å²) in [5.74, 6) is -2.65. The fourth-order valence-corrected chi connectivity index (χ4v) is 5.07. The third-order valence-electron chi connectivity index (χ3n) is 4.11.